The van der Waals surface area contributed by atoms with Crippen LogP contribution in [0.25, 0.3) is 0 Å². The van der Waals surface area contributed by atoms with Gasteiger partial charge in [0, 0.05) is 12.0 Å². The Labute approximate surface area is 131 Å². The van der Waals surface area contributed by atoms with Crippen LogP contribution in [-0.4, -0.2) is 30.0 Å². The second kappa shape index (κ2) is 6.34. The van der Waals surface area contributed by atoms with Gasteiger partial charge in [0.25, 0.3) is 18.2 Å². The molecule has 3 aliphatic rings. The number of carbonyl (C=O) groups is 1. The van der Waals surface area contributed by atoms with Gasteiger partial charge in [-0.2, -0.15) is 0 Å². The topological polar surface area (TPSA) is 41.3 Å². The maximum absolute atomic E-state index is 12.1. The number of methoxy groups -OCH3 is 1. The zero-order valence-electron chi connectivity index (χ0n) is 13.3. The quantitative estimate of drug-likeness (QED) is 0.793. The van der Waals surface area contributed by atoms with Gasteiger partial charge in [-0.3, -0.25) is 4.79 Å². The summed E-state index contributed by atoms with van der Waals surface area (Å²) in [7, 11) is 1.73. The van der Waals surface area contributed by atoms with Crippen LogP contribution in [0.3, 0.4) is 0 Å². The van der Waals surface area contributed by atoms with Gasteiger partial charge in [-0.25, -0.2) is 0 Å². The van der Waals surface area contributed by atoms with Crippen molar-refractivity contribution >= 4 is 11.6 Å². The lowest BCUT2D eigenvalue weighted by molar-refractivity contribution is -0.493. The Bertz CT molecular complexity index is 648. The summed E-state index contributed by atoms with van der Waals surface area (Å²) < 4.78 is 7.37. The molecule has 0 atom stereocenters. The summed E-state index contributed by atoms with van der Waals surface area (Å²) in [4.78, 5) is 12.1. The Morgan fingerprint density at radius 2 is 2.23 bits per heavy atom. The van der Waals surface area contributed by atoms with Crippen LogP contribution in [0.15, 0.2) is 46.8 Å². The first-order chi connectivity index (χ1) is 10.7. The van der Waals surface area contributed by atoms with Gasteiger partial charge in [0.1, 0.15) is 0 Å². The van der Waals surface area contributed by atoms with Crippen LogP contribution in [0.2, 0.25) is 0 Å². The molecule has 1 amide bonds. The molecule has 0 bridgehead atoms. The number of nitrogens with one attached hydrogen (secondary N) is 1. The smallest absolute Gasteiger partial charge is 0.281 e. The minimum atomic E-state index is 0.0709. The molecule has 1 aliphatic heterocycles. The molecule has 4 nitrogen and oxygen atoms in total. The SMILES string of the molecule is COC1=C(C)C(C2=[N+](NC(=O)CC3=CC=CCC3)C2)=CCC1. The number of ether oxygens (including phenoxy) is 1. The van der Waals surface area contributed by atoms with Crippen molar-refractivity contribution in [2.75, 3.05) is 13.7 Å². The van der Waals surface area contributed by atoms with Crippen molar-refractivity contribution in [2.24, 2.45) is 0 Å². The highest BCUT2D eigenvalue weighted by molar-refractivity contribution is 6.06. The Hall–Kier alpha value is -2.10. The number of hydrogen-bond acceptors (Lipinski definition) is 2. The van der Waals surface area contributed by atoms with Crippen molar-refractivity contribution in [3.05, 3.63) is 46.8 Å². The van der Waals surface area contributed by atoms with E-state index in [1.165, 1.54) is 22.4 Å². The van der Waals surface area contributed by atoms with E-state index >= 15 is 0 Å². The minimum absolute atomic E-state index is 0.0709. The van der Waals surface area contributed by atoms with Crippen molar-refractivity contribution < 1.29 is 14.2 Å². The Balaban J connectivity index is 1.62. The molecule has 0 spiro atoms. The third-order valence-corrected chi connectivity index (χ3v) is 4.38. The maximum atomic E-state index is 12.1. The molecule has 0 radical (unpaired) electrons. The minimum Gasteiger partial charge on any atom is -0.501 e. The van der Waals surface area contributed by atoms with Crippen molar-refractivity contribution in [1.82, 2.24) is 5.43 Å². The molecule has 0 saturated carbocycles. The predicted octanol–water partition coefficient (Wildman–Crippen LogP) is 2.79. The number of rotatable bonds is 5. The molecule has 3 rings (SSSR count). The first-order valence-corrected chi connectivity index (χ1v) is 7.91. The average Bonchev–Trinajstić information content (AvgIpc) is 3.27. The number of amides is 1. The van der Waals surface area contributed by atoms with Gasteiger partial charge in [-0.15, -0.1) is 5.43 Å². The number of allylic oxidation sites excluding steroid dienone is 6. The lowest BCUT2D eigenvalue weighted by atomic mass is 9.95. The van der Waals surface area contributed by atoms with E-state index in [0.717, 1.165) is 38.0 Å². The molecule has 1 heterocycles. The molecule has 1 N–H and O–H groups in total. The van der Waals surface area contributed by atoms with Crippen molar-refractivity contribution in [3.63, 3.8) is 0 Å². The molecule has 0 unspecified atom stereocenters. The summed E-state index contributed by atoms with van der Waals surface area (Å²) in [5.41, 5.74) is 7.81. The van der Waals surface area contributed by atoms with E-state index in [1.54, 1.807) is 7.11 Å². The van der Waals surface area contributed by atoms with Crippen molar-refractivity contribution in [2.45, 2.75) is 39.0 Å². The summed E-state index contributed by atoms with van der Waals surface area (Å²) in [5.74, 6) is 1.13. The molecule has 4 heteroatoms. The first-order valence-electron chi connectivity index (χ1n) is 7.91. The van der Waals surface area contributed by atoms with E-state index in [9.17, 15) is 4.79 Å². The third kappa shape index (κ3) is 3.21. The van der Waals surface area contributed by atoms with E-state index in [1.807, 2.05) is 10.8 Å². The zero-order chi connectivity index (χ0) is 15.5. The van der Waals surface area contributed by atoms with Gasteiger partial charge in [0.15, 0.2) is 0 Å². The van der Waals surface area contributed by atoms with Crippen molar-refractivity contribution in [3.8, 4) is 0 Å². The van der Waals surface area contributed by atoms with Gasteiger partial charge >= 0.3 is 0 Å². The number of hydrazine groups is 1. The van der Waals surface area contributed by atoms with E-state index in [4.69, 9.17) is 4.74 Å². The molecular weight excluding hydrogens is 276 g/mol. The highest BCUT2D eigenvalue weighted by Gasteiger charge is 2.40. The third-order valence-electron chi connectivity index (χ3n) is 4.38. The Morgan fingerprint density at radius 1 is 1.36 bits per heavy atom. The summed E-state index contributed by atoms with van der Waals surface area (Å²) in [5, 5.41) is 0. The number of nitrogens with zero attached hydrogens (tertiary/aromatic N) is 1. The highest BCUT2D eigenvalue weighted by Crippen LogP contribution is 2.28. The molecule has 0 fully saturated rings. The second-order valence-corrected chi connectivity index (χ2v) is 5.95. The van der Waals surface area contributed by atoms with Crippen LogP contribution in [0.4, 0.5) is 0 Å². The fraction of sp³-hybridized carbons (Fsp3) is 0.444. The monoisotopic (exact) mass is 299 g/mol. The summed E-state index contributed by atoms with van der Waals surface area (Å²) in [6.45, 7) is 2.90. The second-order valence-electron chi connectivity index (χ2n) is 5.95. The number of carbonyl (C=O) groups excluding carboxylic acids is 1. The van der Waals surface area contributed by atoms with Crippen LogP contribution in [0, 0.1) is 0 Å². The van der Waals surface area contributed by atoms with E-state index in [-0.39, 0.29) is 5.91 Å². The molecule has 2 aliphatic carbocycles. The van der Waals surface area contributed by atoms with Crippen LogP contribution < -0.4 is 5.43 Å². The lowest BCUT2D eigenvalue weighted by Gasteiger charge is -2.14. The maximum Gasteiger partial charge on any atom is 0.281 e. The molecule has 22 heavy (non-hydrogen) atoms. The molecule has 116 valence electrons. The fourth-order valence-electron chi connectivity index (χ4n) is 3.08. The predicted molar refractivity (Wildman–Crippen MR) is 86.4 cm³/mol. The molecule has 0 aromatic carbocycles. The fourth-order valence-corrected chi connectivity index (χ4v) is 3.08. The van der Waals surface area contributed by atoms with Gasteiger partial charge in [-0.05, 0) is 26.2 Å². The molecule has 0 saturated heterocycles. The van der Waals surface area contributed by atoms with Crippen LogP contribution >= 0.6 is 0 Å². The van der Waals surface area contributed by atoms with E-state index in [2.05, 4.69) is 30.6 Å². The Morgan fingerprint density at radius 3 is 2.95 bits per heavy atom. The molecule has 0 aromatic heterocycles. The van der Waals surface area contributed by atoms with Gasteiger partial charge in [0.2, 0.25) is 0 Å². The standard InChI is InChI=1S/C18H22N2O2/c1-13-15(9-6-10-17(13)22-2)16-12-20(16)19-18(21)11-14-7-4-3-5-8-14/h3-4,7,9H,5-6,8,10-12H2,1-2H3/p+1. The normalized spacial score (nSPS) is 20.6. The number of hydrogen-bond donors (Lipinski definition) is 1. The molecular formula is C18H23N2O2+. The zero-order valence-corrected chi connectivity index (χ0v) is 13.3. The van der Waals surface area contributed by atoms with E-state index in [0.29, 0.717) is 6.42 Å². The highest BCUT2D eigenvalue weighted by atomic mass is 16.5. The lowest BCUT2D eigenvalue weighted by Crippen LogP contribution is -2.27. The van der Waals surface area contributed by atoms with Gasteiger partial charge in [-0.1, -0.05) is 34.6 Å². The first kappa shape index (κ1) is 14.8. The summed E-state index contributed by atoms with van der Waals surface area (Å²) in [6, 6.07) is 0. The summed E-state index contributed by atoms with van der Waals surface area (Å²) in [6.07, 6.45) is 13.0. The summed E-state index contributed by atoms with van der Waals surface area (Å²) >= 11 is 0. The van der Waals surface area contributed by atoms with Gasteiger partial charge < -0.3 is 4.74 Å². The average molecular weight is 299 g/mol. The van der Waals surface area contributed by atoms with E-state index < -0.39 is 0 Å². The van der Waals surface area contributed by atoms with Gasteiger partial charge in [0.05, 0.1) is 24.9 Å². The van der Waals surface area contributed by atoms with Crippen LogP contribution in [0.1, 0.15) is 39.0 Å². The van der Waals surface area contributed by atoms with Crippen LogP contribution in [-0.2, 0) is 9.53 Å². The Kier molecular flexibility index (Phi) is 4.27. The van der Waals surface area contributed by atoms with Crippen molar-refractivity contribution in [1.29, 1.82) is 0 Å². The molecule has 0 aromatic rings. The number of hydrazone groups is 1. The largest absolute Gasteiger partial charge is 0.501 e. The van der Waals surface area contributed by atoms with Crippen LogP contribution in [0.5, 0.6) is 0 Å².